The summed E-state index contributed by atoms with van der Waals surface area (Å²) in [6.45, 7) is 4.94. The second-order valence-corrected chi connectivity index (χ2v) is 6.72. The Morgan fingerprint density at radius 2 is 1.95 bits per heavy atom. The maximum atomic E-state index is 5.88. The van der Waals surface area contributed by atoms with Crippen molar-refractivity contribution in [3.8, 4) is 0 Å². The lowest BCUT2D eigenvalue weighted by atomic mass is 10.4. The Balaban J connectivity index is 2.11. The van der Waals surface area contributed by atoms with Crippen molar-refractivity contribution >= 4 is 51.8 Å². The number of thioether (sulfide) groups is 1. The zero-order valence-electron chi connectivity index (χ0n) is 11.3. The molecule has 0 aliphatic rings. The van der Waals surface area contributed by atoms with Crippen LogP contribution in [0, 0.1) is 10.5 Å². The van der Waals surface area contributed by atoms with E-state index in [4.69, 9.17) is 11.6 Å². The molecule has 0 radical (unpaired) electrons. The summed E-state index contributed by atoms with van der Waals surface area (Å²) < 4.78 is 1.09. The predicted octanol–water partition coefficient (Wildman–Crippen LogP) is 4.77. The van der Waals surface area contributed by atoms with Crippen molar-refractivity contribution in [2.24, 2.45) is 0 Å². The number of rotatable bonds is 5. The average Bonchev–Trinajstić information content (AvgIpc) is 2.44. The summed E-state index contributed by atoms with van der Waals surface area (Å²) in [5, 5.41) is 4.03. The second-order valence-electron chi connectivity index (χ2n) is 4.16. The quantitative estimate of drug-likeness (QED) is 0.560. The first kappa shape index (κ1) is 15.9. The van der Waals surface area contributed by atoms with Crippen molar-refractivity contribution in [3.63, 3.8) is 0 Å². The molecule has 0 aliphatic carbocycles. The fraction of sp³-hybridized carbons (Fsp3) is 0.286. The minimum atomic E-state index is 0.748. The molecule has 0 fully saturated rings. The maximum absolute atomic E-state index is 5.88. The van der Waals surface area contributed by atoms with Crippen LogP contribution in [0.25, 0.3) is 0 Å². The van der Waals surface area contributed by atoms with Crippen molar-refractivity contribution in [1.29, 1.82) is 0 Å². The lowest BCUT2D eigenvalue weighted by molar-refractivity contribution is 0.974. The van der Waals surface area contributed by atoms with E-state index in [2.05, 4.69) is 44.8 Å². The first-order valence-electron chi connectivity index (χ1n) is 6.25. The number of aryl methyl sites for hydroxylation is 1. The van der Waals surface area contributed by atoms with Gasteiger partial charge in [0.05, 0.1) is 15.0 Å². The Morgan fingerprint density at radius 3 is 2.60 bits per heavy atom. The van der Waals surface area contributed by atoms with Crippen LogP contribution >= 0.6 is 46.0 Å². The van der Waals surface area contributed by atoms with Gasteiger partial charge in [0.1, 0.15) is 11.6 Å². The molecule has 0 saturated heterocycles. The largest absolute Gasteiger partial charge is 0.369 e. The van der Waals surface area contributed by atoms with E-state index in [1.54, 1.807) is 11.8 Å². The van der Waals surface area contributed by atoms with Crippen LogP contribution in [0.2, 0.25) is 5.02 Å². The van der Waals surface area contributed by atoms with Crippen LogP contribution in [0.3, 0.4) is 0 Å². The highest BCUT2D eigenvalue weighted by atomic mass is 127. The number of nitrogens with one attached hydrogen (secondary N) is 1. The van der Waals surface area contributed by atoms with E-state index in [-0.39, 0.29) is 0 Å². The summed E-state index contributed by atoms with van der Waals surface area (Å²) in [4.78, 5) is 10.3. The molecule has 0 unspecified atom stereocenters. The molecule has 6 heteroatoms. The van der Waals surface area contributed by atoms with Gasteiger partial charge >= 0.3 is 0 Å². The summed E-state index contributed by atoms with van der Waals surface area (Å²) in [5.74, 6) is 2.52. The zero-order valence-corrected chi connectivity index (χ0v) is 15.0. The third-order valence-corrected chi connectivity index (χ3v) is 5.14. The van der Waals surface area contributed by atoms with E-state index >= 15 is 0 Å². The maximum Gasteiger partial charge on any atom is 0.143 e. The summed E-state index contributed by atoms with van der Waals surface area (Å²) in [7, 11) is 0. The summed E-state index contributed by atoms with van der Waals surface area (Å²) in [5.41, 5.74) is 1.02. The predicted molar refractivity (Wildman–Crippen MR) is 94.7 cm³/mol. The van der Waals surface area contributed by atoms with Crippen LogP contribution in [-0.4, -0.2) is 16.5 Å². The second kappa shape index (κ2) is 7.47. The molecular formula is C14H15ClIN3S. The molecule has 20 heavy (non-hydrogen) atoms. The number of benzene rings is 1. The number of halogens is 2. The number of aromatic nitrogens is 2. The fourth-order valence-corrected chi connectivity index (χ4v) is 2.96. The smallest absolute Gasteiger partial charge is 0.143 e. The van der Waals surface area contributed by atoms with Crippen LogP contribution < -0.4 is 5.32 Å². The standard InChI is InChI=1S/C14H15ClIN3S/c1-3-17-14-13(16)9(2)18-12(19-14)8-20-11-6-4-10(15)5-7-11/h4-7H,3,8H2,1-2H3,(H,17,18,19). The molecule has 1 aromatic carbocycles. The molecule has 1 heterocycles. The first-order valence-corrected chi connectivity index (χ1v) is 8.69. The SMILES string of the molecule is CCNc1nc(CSc2ccc(Cl)cc2)nc(C)c1I. The van der Waals surface area contributed by atoms with E-state index in [1.165, 1.54) is 4.90 Å². The minimum Gasteiger partial charge on any atom is -0.369 e. The number of hydrogen-bond acceptors (Lipinski definition) is 4. The van der Waals surface area contributed by atoms with Gasteiger partial charge in [-0.2, -0.15) is 0 Å². The van der Waals surface area contributed by atoms with Gasteiger partial charge in [-0.05, 0) is 60.7 Å². The highest BCUT2D eigenvalue weighted by Crippen LogP contribution is 2.25. The van der Waals surface area contributed by atoms with Crippen molar-refractivity contribution < 1.29 is 0 Å². The van der Waals surface area contributed by atoms with E-state index in [9.17, 15) is 0 Å². The third-order valence-electron chi connectivity index (χ3n) is 2.59. The Hall–Kier alpha value is -0.530. The molecule has 2 aromatic rings. The van der Waals surface area contributed by atoms with Crippen molar-refractivity contribution in [1.82, 2.24) is 9.97 Å². The van der Waals surface area contributed by atoms with E-state index in [0.29, 0.717) is 0 Å². The molecule has 0 bridgehead atoms. The molecule has 2 rings (SSSR count). The lowest BCUT2D eigenvalue weighted by Crippen LogP contribution is -2.07. The molecule has 0 aliphatic heterocycles. The molecule has 1 N–H and O–H groups in total. The van der Waals surface area contributed by atoms with Gasteiger partial charge in [-0.15, -0.1) is 11.8 Å². The van der Waals surface area contributed by atoms with Gasteiger partial charge in [0.2, 0.25) is 0 Å². The highest BCUT2D eigenvalue weighted by molar-refractivity contribution is 14.1. The van der Waals surface area contributed by atoms with Gasteiger partial charge in [-0.25, -0.2) is 9.97 Å². The zero-order chi connectivity index (χ0) is 14.5. The van der Waals surface area contributed by atoms with Crippen LogP contribution in [-0.2, 0) is 5.75 Å². The van der Waals surface area contributed by atoms with Crippen molar-refractivity contribution in [2.45, 2.75) is 24.5 Å². The van der Waals surface area contributed by atoms with Gasteiger partial charge in [0.25, 0.3) is 0 Å². The number of nitrogens with zero attached hydrogens (tertiary/aromatic N) is 2. The fourth-order valence-electron chi connectivity index (χ4n) is 1.64. The van der Waals surface area contributed by atoms with Crippen molar-refractivity contribution in [2.75, 3.05) is 11.9 Å². The van der Waals surface area contributed by atoms with Crippen LogP contribution in [0.1, 0.15) is 18.4 Å². The number of anilines is 1. The van der Waals surface area contributed by atoms with E-state index < -0.39 is 0 Å². The minimum absolute atomic E-state index is 0.748. The molecule has 1 aromatic heterocycles. The van der Waals surface area contributed by atoms with Gasteiger partial charge in [0, 0.05) is 16.5 Å². The van der Waals surface area contributed by atoms with E-state index in [1.807, 2.05) is 31.2 Å². The molecular weight excluding hydrogens is 405 g/mol. The average molecular weight is 420 g/mol. The summed E-state index contributed by atoms with van der Waals surface area (Å²) >= 11 is 9.87. The monoisotopic (exact) mass is 419 g/mol. The highest BCUT2D eigenvalue weighted by Gasteiger charge is 2.09. The van der Waals surface area contributed by atoms with Gasteiger partial charge < -0.3 is 5.32 Å². The molecule has 3 nitrogen and oxygen atoms in total. The topological polar surface area (TPSA) is 37.8 Å². The van der Waals surface area contributed by atoms with Gasteiger partial charge in [-0.3, -0.25) is 0 Å². The first-order chi connectivity index (χ1) is 9.60. The van der Waals surface area contributed by atoms with Crippen LogP contribution in [0.15, 0.2) is 29.2 Å². The molecule has 0 spiro atoms. The lowest BCUT2D eigenvalue weighted by Gasteiger charge is -2.10. The summed E-state index contributed by atoms with van der Waals surface area (Å²) in [6.07, 6.45) is 0. The third kappa shape index (κ3) is 4.23. The van der Waals surface area contributed by atoms with E-state index in [0.717, 1.165) is 38.2 Å². The molecule has 0 amide bonds. The normalized spacial score (nSPS) is 10.6. The Kier molecular flexibility index (Phi) is 5.92. The summed E-state index contributed by atoms with van der Waals surface area (Å²) in [6, 6.07) is 7.82. The molecule has 106 valence electrons. The Morgan fingerprint density at radius 1 is 1.25 bits per heavy atom. The molecule has 0 saturated carbocycles. The Bertz CT molecular complexity index is 590. The van der Waals surface area contributed by atoms with Gasteiger partial charge in [0.15, 0.2) is 0 Å². The van der Waals surface area contributed by atoms with Crippen molar-refractivity contribution in [3.05, 3.63) is 44.4 Å². The van der Waals surface area contributed by atoms with Crippen LogP contribution in [0.4, 0.5) is 5.82 Å². The molecule has 0 atom stereocenters. The number of hydrogen-bond donors (Lipinski definition) is 1. The van der Waals surface area contributed by atoms with Gasteiger partial charge in [-0.1, -0.05) is 11.6 Å². The Labute approximate surface area is 142 Å². The van der Waals surface area contributed by atoms with Crippen LogP contribution in [0.5, 0.6) is 0 Å².